The smallest absolute Gasteiger partial charge is 0.141 e. The Morgan fingerprint density at radius 2 is 2.14 bits per heavy atom. The van der Waals surface area contributed by atoms with Crippen LogP contribution in [0.2, 0.25) is 0 Å². The summed E-state index contributed by atoms with van der Waals surface area (Å²) in [5.41, 5.74) is 8.74. The summed E-state index contributed by atoms with van der Waals surface area (Å²) in [5.74, 6) is 0. The van der Waals surface area contributed by atoms with E-state index in [2.05, 4.69) is 0 Å². The highest BCUT2D eigenvalue weighted by Crippen LogP contribution is 1.96. The van der Waals surface area contributed by atoms with Gasteiger partial charge in [-0.15, -0.1) is 11.6 Å². The highest BCUT2D eigenvalue weighted by atomic mass is 35.5. The van der Waals surface area contributed by atoms with Gasteiger partial charge in [0, 0.05) is 6.54 Å². The molecule has 0 aromatic heterocycles. The molecule has 0 aromatic rings. The van der Waals surface area contributed by atoms with Crippen molar-refractivity contribution in [2.45, 2.75) is 11.7 Å². The molecule has 2 unspecified atom stereocenters. The lowest BCUT2D eigenvalue weighted by Gasteiger charge is -2.04. The molecule has 0 aliphatic heterocycles. The second-order valence-corrected chi connectivity index (χ2v) is 1.70. The van der Waals surface area contributed by atoms with E-state index >= 15 is 0 Å². The average molecular weight is 127 g/mol. The van der Waals surface area contributed by atoms with Crippen LogP contribution in [0.25, 0.3) is 0 Å². The molecule has 0 radical (unpaired) electrons. The maximum atomic E-state index is 11.9. The molecule has 0 saturated heterocycles. The largest absolute Gasteiger partial charge is 0.328 e. The van der Waals surface area contributed by atoms with Gasteiger partial charge in [-0.1, -0.05) is 0 Å². The van der Waals surface area contributed by atoms with Crippen LogP contribution in [0.1, 0.15) is 0 Å². The van der Waals surface area contributed by atoms with E-state index in [1.165, 1.54) is 0 Å². The Morgan fingerprint density at radius 1 is 1.71 bits per heavy atom. The van der Waals surface area contributed by atoms with Crippen molar-refractivity contribution in [2.24, 2.45) is 11.5 Å². The summed E-state index contributed by atoms with van der Waals surface area (Å²) in [7, 11) is 0. The summed E-state index contributed by atoms with van der Waals surface area (Å²) >= 11 is 5.05. The Hall–Kier alpha value is 0.140. The van der Waals surface area contributed by atoms with E-state index in [0.29, 0.717) is 0 Å². The number of rotatable bonds is 2. The van der Waals surface area contributed by atoms with Crippen molar-refractivity contribution in [2.75, 3.05) is 6.54 Å². The van der Waals surface area contributed by atoms with Gasteiger partial charge in [0.05, 0.1) is 0 Å². The highest BCUT2D eigenvalue weighted by Gasteiger charge is 2.09. The van der Waals surface area contributed by atoms with E-state index in [4.69, 9.17) is 23.1 Å². The van der Waals surface area contributed by atoms with Gasteiger partial charge < -0.3 is 11.5 Å². The minimum Gasteiger partial charge on any atom is -0.328 e. The van der Waals surface area contributed by atoms with E-state index < -0.39 is 11.7 Å². The Labute approximate surface area is 46.6 Å². The summed E-state index contributed by atoms with van der Waals surface area (Å²) in [6.07, 6.45) is -1.28. The van der Waals surface area contributed by atoms with Gasteiger partial charge in [0.1, 0.15) is 11.7 Å². The fourth-order valence-electron chi connectivity index (χ4n) is 0.130. The first-order valence-corrected chi connectivity index (χ1v) is 2.36. The zero-order chi connectivity index (χ0) is 5.86. The van der Waals surface area contributed by atoms with Gasteiger partial charge in [-0.3, -0.25) is 0 Å². The molecular formula is C3H8ClFN2. The zero-order valence-corrected chi connectivity index (χ0v) is 4.53. The summed E-state index contributed by atoms with van der Waals surface area (Å²) in [5, 5.41) is 0. The molecule has 0 aromatic carbocycles. The van der Waals surface area contributed by atoms with Crippen LogP contribution in [0.15, 0.2) is 0 Å². The second-order valence-electron chi connectivity index (χ2n) is 1.20. The summed E-state index contributed by atoms with van der Waals surface area (Å²) in [4.78, 5) is 0. The lowest BCUT2D eigenvalue weighted by Crippen LogP contribution is -2.31. The molecule has 2 atom stereocenters. The number of hydrogen-bond donors (Lipinski definition) is 2. The van der Waals surface area contributed by atoms with Crippen molar-refractivity contribution in [3.8, 4) is 0 Å². The predicted octanol–water partition coefficient (Wildman–Crippen LogP) is -0.193. The monoisotopic (exact) mass is 126 g/mol. The lowest BCUT2D eigenvalue weighted by atomic mass is 10.4. The molecule has 4 N–H and O–H groups in total. The molecule has 0 aliphatic carbocycles. The van der Waals surface area contributed by atoms with E-state index in [1.54, 1.807) is 0 Å². The molecule has 0 saturated carbocycles. The number of halogens is 2. The Morgan fingerprint density at radius 3 is 2.14 bits per heavy atom. The van der Waals surface area contributed by atoms with Crippen LogP contribution >= 0.6 is 11.6 Å². The van der Waals surface area contributed by atoms with Crippen LogP contribution in [0.3, 0.4) is 0 Å². The maximum absolute atomic E-state index is 11.9. The normalized spacial score (nSPS) is 18.9. The van der Waals surface area contributed by atoms with Gasteiger partial charge in [0.25, 0.3) is 0 Å². The minimum atomic E-state index is -1.28. The van der Waals surface area contributed by atoms with Crippen LogP contribution in [0.4, 0.5) is 4.39 Å². The van der Waals surface area contributed by atoms with E-state index in [0.717, 1.165) is 0 Å². The first kappa shape index (κ1) is 7.14. The van der Waals surface area contributed by atoms with Gasteiger partial charge in [-0.2, -0.15) is 0 Å². The molecule has 0 fully saturated rings. The van der Waals surface area contributed by atoms with Gasteiger partial charge in [0.2, 0.25) is 0 Å². The first-order chi connectivity index (χ1) is 3.18. The quantitative estimate of drug-likeness (QED) is 0.398. The standard InChI is InChI=1S/C3H8ClFN2/c4-3(7)2(5)1-6/h2-3H,1,6-7H2. The Kier molecular flexibility index (Phi) is 3.25. The van der Waals surface area contributed by atoms with Gasteiger partial charge in [0.15, 0.2) is 0 Å². The van der Waals surface area contributed by atoms with Crippen molar-refractivity contribution in [1.82, 2.24) is 0 Å². The van der Waals surface area contributed by atoms with Gasteiger partial charge in [-0.05, 0) is 0 Å². The Bertz CT molecular complexity index is 50.2. The van der Waals surface area contributed by atoms with Crippen LogP contribution in [-0.4, -0.2) is 18.2 Å². The molecule has 0 amide bonds. The summed E-state index contributed by atoms with van der Waals surface area (Å²) < 4.78 is 11.9. The highest BCUT2D eigenvalue weighted by molar-refractivity contribution is 6.20. The molecule has 0 aliphatic rings. The molecule has 44 valence electrons. The molecule has 0 rings (SSSR count). The van der Waals surface area contributed by atoms with E-state index in [-0.39, 0.29) is 6.54 Å². The number of nitrogens with two attached hydrogens (primary N) is 2. The fourth-order valence-corrected chi connectivity index (χ4v) is 0.233. The number of alkyl halides is 2. The average Bonchev–Trinajstić information content (AvgIpc) is 1.65. The topological polar surface area (TPSA) is 52.0 Å². The van der Waals surface area contributed by atoms with Crippen molar-refractivity contribution in [3.63, 3.8) is 0 Å². The van der Waals surface area contributed by atoms with E-state index in [9.17, 15) is 4.39 Å². The SMILES string of the molecule is NCC(F)C(N)Cl. The maximum Gasteiger partial charge on any atom is 0.141 e. The molecule has 0 spiro atoms. The number of hydrogen-bond acceptors (Lipinski definition) is 2. The first-order valence-electron chi connectivity index (χ1n) is 1.92. The van der Waals surface area contributed by atoms with Crippen LogP contribution in [0.5, 0.6) is 0 Å². The lowest BCUT2D eigenvalue weighted by molar-refractivity contribution is 0.332. The molecule has 0 bridgehead atoms. The van der Waals surface area contributed by atoms with Crippen molar-refractivity contribution in [1.29, 1.82) is 0 Å². The predicted molar refractivity (Wildman–Crippen MR) is 27.8 cm³/mol. The molecule has 0 heterocycles. The van der Waals surface area contributed by atoms with Crippen molar-refractivity contribution >= 4 is 11.6 Å². The van der Waals surface area contributed by atoms with Crippen LogP contribution < -0.4 is 11.5 Å². The van der Waals surface area contributed by atoms with Crippen molar-refractivity contribution < 1.29 is 4.39 Å². The third kappa shape index (κ3) is 2.79. The van der Waals surface area contributed by atoms with Crippen molar-refractivity contribution in [3.05, 3.63) is 0 Å². The van der Waals surface area contributed by atoms with Crippen LogP contribution in [0, 0.1) is 0 Å². The third-order valence-corrected chi connectivity index (χ3v) is 0.844. The molecule has 7 heavy (non-hydrogen) atoms. The molecule has 2 nitrogen and oxygen atoms in total. The van der Waals surface area contributed by atoms with Gasteiger partial charge in [-0.25, -0.2) is 4.39 Å². The van der Waals surface area contributed by atoms with E-state index in [1.807, 2.05) is 0 Å². The zero-order valence-electron chi connectivity index (χ0n) is 3.77. The molecular weight excluding hydrogens is 118 g/mol. The third-order valence-electron chi connectivity index (χ3n) is 0.571. The van der Waals surface area contributed by atoms with Gasteiger partial charge >= 0.3 is 0 Å². The molecule has 4 heteroatoms. The summed E-state index contributed by atoms with van der Waals surface area (Å²) in [6, 6.07) is 0. The van der Waals surface area contributed by atoms with Crippen LogP contribution in [-0.2, 0) is 0 Å². The fraction of sp³-hybridized carbons (Fsp3) is 1.00. The minimum absolute atomic E-state index is 0.106. The Balaban J connectivity index is 3.14. The summed E-state index contributed by atoms with van der Waals surface area (Å²) in [6.45, 7) is -0.106. The second kappa shape index (κ2) is 3.18.